The summed E-state index contributed by atoms with van der Waals surface area (Å²) in [5.74, 6) is 0.980. The molecule has 5 nitrogen and oxygen atoms in total. The molecule has 5 heteroatoms. The van der Waals surface area contributed by atoms with Crippen molar-refractivity contribution in [1.29, 1.82) is 5.26 Å². The van der Waals surface area contributed by atoms with Crippen LogP contribution < -0.4 is 14.8 Å². The molecule has 1 saturated carbocycles. The largest absolute Gasteiger partial charge is 0.493 e. The highest BCUT2D eigenvalue weighted by atomic mass is 16.5. The van der Waals surface area contributed by atoms with Crippen molar-refractivity contribution in [2.24, 2.45) is 0 Å². The predicted molar refractivity (Wildman–Crippen MR) is 88.2 cm³/mol. The van der Waals surface area contributed by atoms with Crippen molar-refractivity contribution in [3.8, 4) is 17.6 Å². The number of ether oxygens (including phenoxy) is 2. The van der Waals surface area contributed by atoms with Crippen molar-refractivity contribution >= 4 is 12.0 Å². The molecule has 1 fully saturated rings. The molecule has 0 saturated heterocycles. The first kappa shape index (κ1) is 16.9. The fourth-order valence-electron chi connectivity index (χ4n) is 2.69. The van der Waals surface area contributed by atoms with Gasteiger partial charge >= 0.3 is 0 Å². The number of carbonyl (C=O) groups excluding carboxylic acids is 1. The molecule has 122 valence electrons. The van der Waals surface area contributed by atoms with E-state index in [1.807, 2.05) is 12.1 Å². The lowest BCUT2D eigenvalue weighted by molar-refractivity contribution is -0.117. The van der Waals surface area contributed by atoms with Crippen LogP contribution >= 0.6 is 0 Å². The maximum atomic E-state index is 12.0. The van der Waals surface area contributed by atoms with Crippen LogP contribution in [0.1, 0.15) is 37.7 Å². The molecule has 1 aliphatic rings. The standard InChI is InChI=1S/C18H22N2O3/c1-22-17-13-14(7-9-16(17)23-12-11-19)8-10-18(21)20-15-5-3-2-4-6-15/h7-10,13,15H,2-6,12H2,1H3,(H,20,21)/b10-8+. The minimum Gasteiger partial charge on any atom is -0.493 e. The number of nitrogens with one attached hydrogen (secondary N) is 1. The zero-order valence-electron chi connectivity index (χ0n) is 13.4. The van der Waals surface area contributed by atoms with Gasteiger partial charge in [0.25, 0.3) is 0 Å². The summed E-state index contributed by atoms with van der Waals surface area (Å²) in [6, 6.07) is 7.54. The number of methoxy groups -OCH3 is 1. The first-order chi connectivity index (χ1) is 11.2. The van der Waals surface area contributed by atoms with Gasteiger partial charge in [0.05, 0.1) is 7.11 Å². The monoisotopic (exact) mass is 314 g/mol. The summed E-state index contributed by atoms with van der Waals surface area (Å²) in [6.45, 7) is -0.0324. The lowest BCUT2D eigenvalue weighted by Crippen LogP contribution is -2.34. The van der Waals surface area contributed by atoms with Crippen molar-refractivity contribution in [2.45, 2.75) is 38.1 Å². The Hall–Kier alpha value is -2.48. The lowest BCUT2D eigenvalue weighted by Gasteiger charge is -2.21. The van der Waals surface area contributed by atoms with Crippen molar-refractivity contribution < 1.29 is 14.3 Å². The van der Waals surface area contributed by atoms with Crippen LogP contribution in [0.2, 0.25) is 0 Å². The van der Waals surface area contributed by atoms with Gasteiger partial charge in [-0.05, 0) is 36.6 Å². The molecule has 1 aliphatic carbocycles. The van der Waals surface area contributed by atoms with Crippen molar-refractivity contribution in [3.05, 3.63) is 29.8 Å². The van der Waals surface area contributed by atoms with Crippen LogP contribution in [0.15, 0.2) is 24.3 Å². The molecule has 0 spiro atoms. The molecule has 0 aliphatic heterocycles. The summed E-state index contributed by atoms with van der Waals surface area (Å²) in [4.78, 5) is 12.0. The van der Waals surface area contributed by atoms with Crippen LogP contribution in [-0.4, -0.2) is 25.7 Å². The van der Waals surface area contributed by atoms with Crippen molar-refractivity contribution in [2.75, 3.05) is 13.7 Å². The Kier molecular flexibility index (Phi) is 6.49. The second kappa shape index (κ2) is 8.84. The number of rotatable bonds is 6. The normalized spacial score (nSPS) is 15.1. The molecule has 2 rings (SSSR count). The Morgan fingerprint density at radius 1 is 1.35 bits per heavy atom. The Morgan fingerprint density at radius 2 is 2.13 bits per heavy atom. The van der Waals surface area contributed by atoms with E-state index in [0.717, 1.165) is 18.4 Å². The van der Waals surface area contributed by atoms with E-state index in [-0.39, 0.29) is 12.5 Å². The molecule has 1 aromatic carbocycles. The maximum Gasteiger partial charge on any atom is 0.244 e. The third kappa shape index (κ3) is 5.33. The van der Waals surface area contributed by atoms with E-state index in [9.17, 15) is 4.79 Å². The Morgan fingerprint density at radius 3 is 2.83 bits per heavy atom. The second-order valence-electron chi connectivity index (χ2n) is 5.53. The van der Waals surface area contributed by atoms with Gasteiger partial charge in [-0.1, -0.05) is 25.3 Å². The fourth-order valence-corrected chi connectivity index (χ4v) is 2.69. The summed E-state index contributed by atoms with van der Waals surface area (Å²) in [5, 5.41) is 11.6. The predicted octanol–water partition coefficient (Wildman–Crippen LogP) is 3.06. The molecular weight excluding hydrogens is 292 g/mol. The highest BCUT2D eigenvalue weighted by Gasteiger charge is 2.14. The van der Waals surface area contributed by atoms with Gasteiger partial charge < -0.3 is 14.8 Å². The van der Waals surface area contributed by atoms with Crippen LogP contribution in [0, 0.1) is 11.3 Å². The molecule has 23 heavy (non-hydrogen) atoms. The van der Waals surface area contributed by atoms with E-state index in [1.54, 1.807) is 24.3 Å². The number of amides is 1. The molecule has 0 bridgehead atoms. The third-order valence-electron chi connectivity index (χ3n) is 3.86. The van der Waals surface area contributed by atoms with Gasteiger partial charge in [-0.15, -0.1) is 0 Å². The molecule has 0 unspecified atom stereocenters. The van der Waals surface area contributed by atoms with Crippen LogP contribution in [0.5, 0.6) is 11.5 Å². The zero-order chi connectivity index (χ0) is 16.5. The average molecular weight is 314 g/mol. The molecule has 1 aromatic rings. The Balaban J connectivity index is 1.95. The Labute approximate surface area is 136 Å². The van der Waals surface area contributed by atoms with E-state index in [0.29, 0.717) is 17.5 Å². The molecule has 0 heterocycles. The summed E-state index contributed by atoms with van der Waals surface area (Å²) < 4.78 is 10.5. The number of hydrogen-bond acceptors (Lipinski definition) is 4. The first-order valence-corrected chi connectivity index (χ1v) is 7.89. The number of benzene rings is 1. The highest BCUT2D eigenvalue weighted by Crippen LogP contribution is 2.28. The van der Waals surface area contributed by atoms with Gasteiger partial charge in [0.15, 0.2) is 18.1 Å². The van der Waals surface area contributed by atoms with Gasteiger partial charge in [-0.2, -0.15) is 5.26 Å². The van der Waals surface area contributed by atoms with E-state index >= 15 is 0 Å². The van der Waals surface area contributed by atoms with E-state index < -0.39 is 0 Å². The quantitative estimate of drug-likeness (QED) is 0.819. The topological polar surface area (TPSA) is 71.3 Å². The molecule has 1 amide bonds. The molecule has 0 aromatic heterocycles. The van der Waals surface area contributed by atoms with Crippen LogP contribution in [0.4, 0.5) is 0 Å². The highest BCUT2D eigenvalue weighted by molar-refractivity contribution is 5.92. The summed E-state index contributed by atoms with van der Waals surface area (Å²) >= 11 is 0. The third-order valence-corrected chi connectivity index (χ3v) is 3.86. The lowest BCUT2D eigenvalue weighted by atomic mass is 9.95. The van der Waals surface area contributed by atoms with E-state index in [4.69, 9.17) is 14.7 Å². The van der Waals surface area contributed by atoms with Crippen LogP contribution in [-0.2, 0) is 4.79 Å². The number of hydrogen-bond donors (Lipinski definition) is 1. The van der Waals surface area contributed by atoms with Crippen molar-refractivity contribution in [1.82, 2.24) is 5.32 Å². The SMILES string of the molecule is COc1cc(/C=C/C(=O)NC2CCCCC2)ccc1OCC#N. The fraction of sp³-hybridized carbons (Fsp3) is 0.444. The zero-order valence-corrected chi connectivity index (χ0v) is 13.4. The smallest absolute Gasteiger partial charge is 0.244 e. The van der Waals surface area contributed by atoms with Crippen LogP contribution in [0.25, 0.3) is 6.08 Å². The molecular formula is C18H22N2O3. The van der Waals surface area contributed by atoms with Gasteiger partial charge in [0, 0.05) is 12.1 Å². The van der Waals surface area contributed by atoms with Crippen LogP contribution in [0.3, 0.4) is 0 Å². The number of carbonyl (C=O) groups is 1. The van der Waals surface area contributed by atoms with Gasteiger partial charge in [0.1, 0.15) is 6.07 Å². The van der Waals surface area contributed by atoms with Gasteiger partial charge in [0.2, 0.25) is 5.91 Å². The second-order valence-corrected chi connectivity index (χ2v) is 5.53. The molecule has 0 radical (unpaired) electrons. The van der Waals surface area contributed by atoms with E-state index in [2.05, 4.69) is 5.32 Å². The van der Waals surface area contributed by atoms with Crippen molar-refractivity contribution in [3.63, 3.8) is 0 Å². The molecule has 1 N–H and O–H groups in total. The van der Waals surface area contributed by atoms with Gasteiger partial charge in [-0.25, -0.2) is 0 Å². The number of nitriles is 1. The number of nitrogens with zero attached hydrogens (tertiary/aromatic N) is 1. The molecule has 0 atom stereocenters. The van der Waals surface area contributed by atoms with Gasteiger partial charge in [-0.3, -0.25) is 4.79 Å². The Bertz CT molecular complexity index is 599. The minimum absolute atomic E-state index is 0.0324. The maximum absolute atomic E-state index is 12.0. The average Bonchev–Trinajstić information content (AvgIpc) is 2.59. The van der Waals surface area contributed by atoms with E-state index in [1.165, 1.54) is 26.4 Å². The summed E-state index contributed by atoms with van der Waals surface area (Å²) in [7, 11) is 1.54. The first-order valence-electron chi connectivity index (χ1n) is 7.89. The summed E-state index contributed by atoms with van der Waals surface area (Å²) in [5.41, 5.74) is 0.838. The summed E-state index contributed by atoms with van der Waals surface area (Å²) in [6.07, 6.45) is 9.07. The minimum atomic E-state index is -0.0688.